The van der Waals surface area contributed by atoms with E-state index < -0.39 is 0 Å². The molecule has 0 unspecified atom stereocenters. The normalized spacial score (nSPS) is 13.1. The highest BCUT2D eigenvalue weighted by molar-refractivity contribution is 7.99. The van der Waals surface area contributed by atoms with E-state index in [1.807, 2.05) is 48.5 Å². The molecule has 4 aromatic carbocycles. The molecular weight excluding hydrogens is 629 g/mol. The predicted molar refractivity (Wildman–Crippen MR) is 200 cm³/mol. The van der Waals surface area contributed by atoms with E-state index in [0.29, 0.717) is 11.4 Å². The van der Waals surface area contributed by atoms with Gasteiger partial charge in [-0.25, -0.2) is 0 Å². The van der Waals surface area contributed by atoms with Gasteiger partial charge in [-0.3, -0.25) is 0 Å². The van der Waals surface area contributed by atoms with Crippen LogP contribution < -0.4 is 0 Å². The van der Waals surface area contributed by atoms with Crippen LogP contribution in [0.15, 0.2) is 70.5 Å². The van der Waals surface area contributed by atoms with Crippen molar-refractivity contribution in [2.75, 3.05) is 0 Å². The Morgan fingerprint density at radius 3 is 1.12 bits per heavy atom. The fraction of sp³-hybridized carbons (Fsp3) is 0.400. The van der Waals surface area contributed by atoms with E-state index in [4.69, 9.17) is 20.4 Å². The van der Waals surface area contributed by atoms with E-state index in [9.17, 15) is 10.2 Å². The third kappa shape index (κ3) is 6.78. The quantitative estimate of drug-likeness (QED) is 0.192. The summed E-state index contributed by atoms with van der Waals surface area (Å²) in [6.45, 7) is 25.6. The van der Waals surface area contributed by atoms with Crippen LogP contribution in [0.25, 0.3) is 33.4 Å². The molecule has 2 heterocycles. The van der Waals surface area contributed by atoms with E-state index >= 15 is 0 Å². The summed E-state index contributed by atoms with van der Waals surface area (Å²) < 4.78 is 0. The minimum atomic E-state index is -0.255. The first-order chi connectivity index (χ1) is 22.6. The standard InChI is InChI=1S/C40H48N6O2S/c1-37(2,3)23-17-27(39(7,8)9)35(47)33(19-23)45-41-29-15-13-25(21-31(29)43-45)49-26-14-16-30-32(22-26)44-46(42-30)34-20-24(38(4,5)6)18-28(36(34)48)40(10,11)12/h13-22,47-48H,1-12H3. The smallest absolute Gasteiger partial charge is 0.146 e. The molecule has 9 heteroatoms. The average molecular weight is 677 g/mol. The number of phenols is 2. The van der Waals surface area contributed by atoms with Gasteiger partial charge in [0.25, 0.3) is 0 Å². The lowest BCUT2D eigenvalue weighted by molar-refractivity contribution is 0.437. The molecule has 2 N–H and O–H groups in total. The average Bonchev–Trinajstić information content (AvgIpc) is 3.58. The summed E-state index contributed by atoms with van der Waals surface area (Å²) >= 11 is 1.60. The SMILES string of the molecule is CC(C)(C)c1cc(-n2nc3ccc(Sc4ccc5nn(-c6cc(C(C)(C)C)cc(C(C)(C)C)c6O)nc5c4)cc3n2)c(O)c(C(C)(C)C)c1. The van der Waals surface area contributed by atoms with E-state index in [2.05, 4.69) is 95.2 Å². The topological polar surface area (TPSA) is 102 Å². The molecule has 8 nitrogen and oxygen atoms in total. The molecule has 0 aliphatic heterocycles. The van der Waals surface area contributed by atoms with Crippen LogP contribution in [0.2, 0.25) is 0 Å². The number of hydrogen-bond acceptors (Lipinski definition) is 7. The second kappa shape index (κ2) is 11.6. The van der Waals surface area contributed by atoms with E-state index in [1.165, 1.54) is 0 Å². The Balaban J connectivity index is 1.34. The van der Waals surface area contributed by atoms with Gasteiger partial charge < -0.3 is 10.2 Å². The van der Waals surface area contributed by atoms with E-state index in [1.54, 1.807) is 21.4 Å². The zero-order valence-electron chi connectivity index (χ0n) is 30.8. The fourth-order valence-corrected chi connectivity index (χ4v) is 6.71. The summed E-state index contributed by atoms with van der Waals surface area (Å²) in [6.07, 6.45) is 0. The highest BCUT2D eigenvalue weighted by Crippen LogP contribution is 2.41. The summed E-state index contributed by atoms with van der Waals surface area (Å²) in [5.74, 6) is 0.398. The predicted octanol–water partition coefficient (Wildman–Crippen LogP) is 9.91. The van der Waals surface area contributed by atoms with Gasteiger partial charge in [-0.05, 0) is 81.3 Å². The maximum atomic E-state index is 11.4. The zero-order chi connectivity index (χ0) is 35.8. The zero-order valence-corrected chi connectivity index (χ0v) is 31.6. The lowest BCUT2D eigenvalue weighted by Gasteiger charge is -2.27. The minimum absolute atomic E-state index is 0.114. The molecule has 0 atom stereocenters. The van der Waals surface area contributed by atoms with Gasteiger partial charge in [0.2, 0.25) is 0 Å². The number of rotatable bonds is 4. The van der Waals surface area contributed by atoms with Gasteiger partial charge in [0.15, 0.2) is 0 Å². The minimum Gasteiger partial charge on any atom is -0.505 e. The highest BCUT2D eigenvalue weighted by atomic mass is 32.2. The summed E-state index contributed by atoms with van der Waals surface area (Å²) in [5.41, 5.74) is 7.33. The van der Waals surface area contributed by atoms with Crippen molar-refractivity contribution in [1.82, 2.24) is 30.0 Å². The Kier molecular flexibility index (Phi) is 8.17. The van der Waals surface area contributed by atoms with Gasteiger partial charge in [0.05, 0.1) is 0 Å². The van der Waals surface area contributed by atoms with Gasteiger partial charge >= 0.3 is 0 Å². The van der Waals surface area contributed by atoms with Crippen LogP contribution in [0.4, 0.5) is 0 Å². The van der Waals surface area contributed by atoms with Crippen LogP contribution in [-0.4, -0.2) is 40.2 Å². The monoisotopic (exact) mass is 676 g/mol. The van der Waals surface area contributed by atoms with Gasteiger partial charge in [0.1, 0.15) is 44.9 Å². The molecule has 0 amide bonds. The Bertz CT molecular complexity index is 2060. The molecule has 0 saturated carbocycles. The lowest BCUT2D eigenvalue weighted by Crippen LogP contribution is -2.18. The molecule has 256 valence electrons. The van der Waals surface area contributed by atoms with Crippen LogP contribution >= 0.6 is 11.8 Å². The molecule has 0 aliphatic carbocycles. The first-order valence-corrected chi connectivity index (χ1v) is 17.6. The van der Waals surface area contributed by atoms with Crippen molar-refractivity contribution in [2.24, 2.45) is 0 Å². The van der Waals surface area contributed by atoms with Gasteiger partial charge in [-0.2, -0.15) is 0 Å². The molecule has 0 radical (unpaired) electrons. The highest BCUT2D eigenvalue weighted by Gasteiger charge is 2.28. The van der Waals surface area contributed by atoms with Crippen LogP contribution in [0.1, 0.15) is 105 Å². The van der Waals surface area contributed by atoms with Crippen molar-refractivity contribution in [3.63, 3.8) is 0 Å². The first-order valence-electron chi connectivity index (χ1n) is 16.8. The van der Waals surface area contributed by atoms with Crippen molar-refractivity contribution in [3.8, 4) is 22.9 Å². The maximum absolute atomic E-state index is 11.4. The molecule has 49 heavy (non-hydrogen) atoms. The van der Waals surface area contributed by atoms with Crippen LogP contribution in [0.5, 0.6) is 11.5 Å². The molecule has 0 spiro atoms. The summed E-state index contributed by atoms with van der Waals surface area (Å²) in [5, 5.41) is 41.9. The summed E-state index contributed by atoms with van der Waals surface area (Å²) in [7, 11) is 0. The van der Waals surface area contributed by atoms with Crippen molar-refractivity contribution in [3.05, 3.63) is 82.9 Å². The number of aromatic nitrogens is 6. The van der Waals surface area contributed by atoms with Gasteiger partial charge in [-0.1, -0.05) is 107 Å². The number of benzene rings is 4. The van der Waals surface area contributed by atoms with Crippen molar-refractivity contribution in [2.45, 2.75) is 115 Å². The van der Waals surface area contributed by atoms with Crippen molar-refractivity contribution >= 4 is 33.8 Å². The fourth-order valence-electron chi connectivity index (χ4n) is 5.82. The number of nitrogens with zero attached hydrogens (tertiary/aromatic N) is 6. The summed E-state index contributed by atoms with van der Waals surface area (Å²) in [6, 6.07) is 20.2. The maximum Gasteiger partial charge on any atom is 0.146 e. The van der Waals surface area contributed by atoms with Crippen LogP contribution in [0.3, 0.4) is 0 Å². The largest absolute Gasteiger partial charge is 0.505 e. The van der Waals surface area contributed by atoms with Crippen LogP contribution in [-0.2, 0) is 21.7 Å². The van der Waals surface area contributed by atoms with E-state index in [-0.39, 0.29) is 33.2 Å². The van der Waals surface area contributed by atoms with E-state index in [0.717, 1.165) is 54.1 Å². The summed E-state index contributed by atoms with van der Waals surface area (Å²) in [4.78, 5) is 5.11. The molecule has 0 bridgehead atoms. The van der Waals surface area contributed by atoms with Gasteiger partial charge in [0, 0.05) is 20.9 Å². The molecule has 6 aromatic rings. The molecule has 0 fully saturated rings. The number of hydrogen-bond donors (Lipinski definition) is 2. The molecule has 0 aliphatic rings. The van der Waals surface area contributed by atoms with Crippen LogP contribution in [0, 0.1) is 0 Å². The molecule has 2 aromatic heterocycles. The molecule has 6 rings (SSSR count). The number of fused-ring (bicyclic) bond motifs is 2. The Morgan fingerprint density at radius 2 is 0.796 bits per heavy atom. The second-order valence-corrected chi connectivity index (χ2v) is 18.3. The number of phenolic OH excluding ortho intramolecular Hbond substituents is 2. The van der Waals surface area contributed by atoms with Crippen molar-refractivity contribution in [1.29, 1.82) is 0 Å². The molecular formula is C40H48N6O2S. The number of aromatic hydroxyl groups is 2. The lowest BCUT2D eigenvalue weighted by atomic mass is 9.80. The Hall–Kier alpha value is -4.37. The Morgan fingerprint density at radius 1 is 0.449 bits per heavy atom. The molecule has 0 saturated heterocycles. The Labute approximate surface area is 293 Å². The first kappa shape index (κ1) is 34.5. The van der Waals surface area contributed by atoms with Gasteiger partial charge in [-0.15, -0.1) is 30.0 Å². The third-order valence-corrected chi connectivity index (χ3v) is 9.88. The third-order valence-electron chi connectivity index (χ3n) is 8.90. The second-order valence-electron chi connectivity index (χ2n) is 17.2. The van der Waals surface area contributed by atoms with Crippen molar-refractivity contribution < 1.29 is 10.2 Å².